The lowest BCUT2D eigenvalue weighted by atomic mass is 10.2. The number of hydrogen-bond acceptors (Lipinski definition) is 5. The first-order valence-electron chi connectivity index (χ1n) is 8.73. The Morgan fingerprint density at radius 3 is 2.45 bits per heavy atom. The van der Waals surface area contributed by atoms with Gasteiger partial charge in [-0.1, -0.05) is 45.9 Å². The quantitative estimate of drug-likeness (QED) is 0.661. The molecule has 0 radical (unpaired) electrons. The molecule has 0 unspecified atom stereocenters. The Kier molecular flexibility index (Phi) is 6.76. The van der Waals surface area contributed by atoms with Crippen LogP contribution in [0.15, 0.2) is 68.4 Å². The second-order valence-corrected chi connectivity index (χ2v) is 9.80. The summed E-state index contributed by atoms with van der Waals surface area (Å²) in [5.41, 5.74) is 0.631. The van der Waals surface area contributed by atoms with Crippen LogP contribution in [0.2, 0.25) is 0 Å². The van der Waals surface area contributed by atoms with Crippen LogP contribution in [0.25, 0.3) is 0 Å². The van der Waals surface area contributed by atoms with Crippen molar-refractivity contribution in [2.45, 2.75) is 23.5 Å². The van der Waals surface area contributed by atoms with E-state index in [1.54, 1.807) is 43.3 Å². The number of carbonyl (C=O) groups excluding carboxylic acids is 2. The number of para-hydroxylation sites is 1. The molecule has 29 heavy (non-hydrogen) atoms. The predicted octanol–water partition coefficient (Wildman–Crippen LogP) is 3.49. The average molecular weight is 496 g/mol. The van der Waals surface area contributed by atoms with Crippen molar-refractivity contribution in [3.05, 3.63) is 59.1 Å². The molecule has 1 N–H and O–H groups in total. The van der Waals surface area contributed by atoms with Gasteiger partial charge < -0.3 is 5.32 Å². The second kappa shape index (κ2) is 9.10. The molecule has 2 aromatic carbocycles. The van der Waals surface area contributed by atoms with Crippen LogP contribution >= 0.6 is 27.7 Å². The number of amidine groups is 1. The van der Waals surface area contributed by atoms with Crippen LogP contribution in [0.5, 0.6) is 0 Å². The summed E-state index contributed by atoms with van der Waals surface area (Å²) in [5.74, 6) is -0.652. The summed E-state index contributed by atoms with van der Waals surface area (Å²) in [4.78, 5) is 26.3. The van der Waals surface area contributed by atoms with Crippen molar-refractivity contribution in [1.82, 2.24) is 4.90 Å². The summed E-state index contributed by atoms with van der Waals surface area (Å²) in [5, 5.41) is 2.09. The van der Waals surface area contributed by atoms with E-state index in [0.29, 0.717) is 5.69 Å². The molecule has 0 spiro atoms. The summed E-state index contributed by atoms with van der Waals surface area (Å²) in [7, 11) is -3.98. The molecule has 1 aliphatic rings. The molecule has 1 saturated heterocycles. The Morgan fingerprint density at radius 1 is 1.17 bits per heavy atom. The van der Waals surface area contributed by atoms with Crippen molar-refractivity contribution in [1.29, 1.82) is 0 Å². The van der Waals surface area contributed by atoms with Gasteiger partial charge in [-0.2, -0.15) is 8.42 Å². The molecule has 1 heterocycles. The highest BCUT2D eigenvalue weighted by Crippen LogP contribution is 2.31. The molecule has 0 aliphatic carbocycles. The SMILES string of the molecule is CCN1C(=O)[C@H](CC(=O)Nc2ccccc2)SC1=NS(=O)(=O)c1ccc(Br)cc1. The van der Waals surface area contributed by atoms with Crippen molar-refractivity contribution in [3.63, 3.8) is 0 Å². The molecular formula is C19H18BrN3O4S2. The minimum Gasteiger partial charge on any atom is -0.326 e. The number of carbonyl (C=O) groups is 2. The number of anilines is 1. The van der Waals surface area contributed by atoms with Crippen LogP contribution in [0, 0.1) is 0 Å². The van der Waals surface area contributed by atoms with Gasteiger partial charge in [0.2, 0.25) is 11.8 Å². The van der Waals surface area contributed by atoms with Crippen LogP contribution < -0.4 is 5.32 Å². The normalized spacial score (nSPS) is 18.3. The first-order chi connectivity index (χ1) is 13.8. The average Bonchev–Trinajstić information content (AvgIpc) is 2.96. The van der Waals surface area contributed by atoms with Crippen LogP contribution in [0.4, 0.5) is 5.69 Å². The van der Waals surface area contributed by atoms with Gasteiger partial charge in [0.25, 0.3) is 10.0 Å². The second-order valence-electron chi connectivity index (χ2n) is 6.11. The number of thioether (sulfide) groups is 1. The predicted molar refractivity (Wildman–Crippen MR) is 117 cm³/mol. The van der Waals surface area contributed by atoms with Crippen LogP contribution in [-0.4, -0.2) is 42.1 Å². The molecule has 2 aromatic rings. The third-order valence-electron chi connectivity index (χ3n) is 4.07. The van der Waals surface area contributed by atoms with E-state index < -0.39 is 15.3 Å². The van der Waals surface area contributed by atoms with E-state index in [-0.39, 0.29) is 34.8 Å². The Labute approximate surface area is 181 Å². The maximum absolute atomic E-state index is 12.6. The molecular weight excluding hydrogens is 478 g/mol. The van der Waals surface area contributed by atoms with E-state index in [0.717, 1.165) is 16.2 Å². The fourth-order valence-corrected chi connectivity index (χ4v) is 5.35. The molecule has 2 amide bonds. The molecule has 152 valence electrons. The van der Waals surface area contributed by atoms with E-state index in [4.69, 9.17) is 0 Å². The monoisotopic (exact) mass is 495 g/mol. The number of hydrogen-bond donors (Lipinski definition) is 1. The lowest BCUT2D eigenvalue weighted by Gasteiger charge is -2.13. The third-order valence-corrected chi connectivity index (χ3v) is 7.18. The van der Waals surface area contributed by atoms with Crippen molar-refractivity contribution >= 4 is 60.4 Å². The standard InChI is InChI=1S/C19H18BrN3O4S2/c1-2-23-18(25)16(12-17(24)21-14-6-4-3-5-7-14)28-19(23)22-29(26,27)15-10-8-13(20)9-11-15/h3-11,16H,2,12H2,1H3,(H,21,24)/t16-/m0/s1. The van der Waals surface area contributed by atoms with Crippen molar-refractivity contribution < 1.29 is 18.0 Å². The summed E-state index contributed by atoms with van der Waals surface area (Å²) >= 11 is 4.25. The fraction of sp³-hybridized carbons (Fsp3) is 0.211. The number of halogens is 1. The highest BCUT2D eigenvalue weighted by atomic mass is 79.9. The van der Waals surface area contributed by atoms with E-state index in [1.807, 2.05) is 6.07 Å². The van der Waals surface area contributed by atoms with Gasteiger partial charge in [0, 0.05) is 23.1 Å². The number of sulfonamides is 1. The van der Waals surface area contributed by atoms with Gasteiger partial charge in [0.15, 0.2) is 5.17 Å². The molecule has 10 heteroatoms. The molecule has 0 aromatic heterocycles. The van der Waals surface area contributed by atoms with Gasteiger partial charge in [0.05, 0.1) is 4.90 Å². The molecule has 0 saturated carbocycles. The molecule has 7 nitrogen and oxygen atoms in total. The topological polar surface area (TPSA) is 95.9 Å². The molecule has 3 rings (SSSR count). The van der Waals surface area contributed by atoms with Crippen LogP contribution in [0.3, 0.4) is 0 Å². The summed E-state index contributed by atoms with van der Waals surface area (Å²) in [6.07, 6.45) is -0.0771. The third kappa shape index (κ3) is 5.26. The number of amides is 2. The minimum atomic E-state index is -3.98. The van der Waals surface area contributed by atoms with E-state index >= 15 is 0 Å². The summed E-state index contributed by atoms with van der Waals surface area (Å²) in [6, 6.07) is 15.0. The van der Waals surface area contributed by atoms with Gasteiger partial charge in [-0.15, -0.1) is 4.40 Å². The molecule has 1 atom stereocenters. The van der Waals surface area contributed by atoms with E-state index in [2.05, 4.69) is 25.6 Å². The zero-order valence-corrected chi connectivity index (χ0v) is 18.6. The smallest absolute Gasteiger partial charge is 0.284 e. The molecule has 0 bridgehead atoms. The lowest BCUT2D eigenvalue weighted by Crippen LogP contribution is -2.33. The number of nitrogens with zero attached hydrogens (tertiary/aromatic N) is 2. The van der Waals surface area contributed by atoms with Gasteiger partial charge in [0.1, 0.15) is 5.25 Å². The van der Waals surface area contributed by atoms with E-state index in [1.165, 1.54) is 17.0 Å². The molecule has 1 fully saturated rings. The van der Waals surface area contributed by atoms with Gasteiger partial charge in [-0.3, -0.25) is 14.5 Å². The maximum atomic E-state index is 12.6. The highest BCUT2D eigenvalue weighted by molar-refractivity contribution is 9.10. The Bertz CT molecular complexity index is 1040. The first-order valence-corrected chi connectivity index (χ1v) is 11.8. The summed E-state index contributed by atoms with van der Waals surface area (Å²) < 4.78 is 29.8. The van der Waals surface area contributed by atoms with Crippen molar-refractivity contribution in [2.24, 2.45) is 4.40 Å². The van der Waals surface area contributed by atoms with Crippen molar-refractivity contribution in [3.8, 4) is 0 Å². The molecule has 1 aliphatic heterocycles. The fourth-order valence-electron chi connectivity index (χ4n) is 2.66. The maximum Gasteiger partial charge on any atom is 0.284 e. The lowest BCUT2D eigenvalue weighted by molar-refractivity contribution is -0.128. The van der Waals surface area contributed by atoms with Crippen LogP contribution in [0.1, 0.15) is 13.3 Å². The number of benzene rings is 2. The van der Waals surface area contributed by atoms with Crippen molar-refractivity contribution in [2.75, 3.05) is 11.9 Å². The number of rotatable bonds is 6. The van der Waals surface area contributed by atoms with E-state index in [9.17, 15) is 18.0 Å². The zero-order valence-electron chi connectivity index (χ0n) is 15.4. The Balaban J connectivity index is 1.77. The largest absolute Gasteiger partial charge is 0.326 e. The summed E-state index contributed by atoms with van der Waals surface area (Å²) in [6.45, 7) is 1.99. The number of nitrogens with one attached hydrogen (secondary N) is 1. The zero-order chi connectivity index (χ0) is 21.0. The van der Waals surface area contributed by atoms with Gasteiger partial charge in [-0.25, -0.2) is 0 Å². The Morgan fingerprint density at radius 2 is 1.83 bits per heavy atom. The highest BCUT2D eigenvalue weighted by Gasteiger charge is 2.39. The van der Waals surface area contributed by atoms with Gasteiger partial charge >= 0.3 is 0 Å². The van der Waals surface area contributed by atoms with Gasteiger partial charge in [-0.05, 0) is 43.3 Å². The minimum absolute atomic E-state index is 0.0302. The Hall–Kier alpha value is -2.17. The first kappa shape index (κ1) is 21.5. The van der Waals surface area contributed by atoms with Crippen LogP contribution in [-0.2, 0) is 19.6 Å².